The third kappa shape index (κ3) is 4.60. The van der Waals surface area contributed by atoms with Gasteiger partial charge in [-0.1, -0.05) is 37.3 Å². The number of pyridine rings is 1. The van der Waals surface area contributed by atoms with Crippen LogP contribution in [0.5, 0.6) is 0 Å². The summed E-state index contributed by atoms with van der Waals surface area (Å²) in [7, 11) is 0. The van der Waals surface area contributed by atoms with Gasteiger partial charge in [0.1, 0.15) is 11.6 Å². The summed E-state index contributed by atoms with van der Waals surface area (Å²) in [5.74, 6) is 0.268. The Labute approximate surface area is 154 Å². The summed E-state index contributed by atoms with van der Waals surface area (Å²) >= 11 is 0. The van der Waals surface area contributed by atoms with Gasteiger partial charge in [-0.2, -0.15) is 5.26 Å². The molecule has 0 spiro atoms. The summed E-state index contributed by atoms with van der Waals surface area (Å²) in [4.78, 5) is 26.7. The van der Waals surface area contributed by atoms with E-state index in [9.17, 15) is 9.59 Å². The predicted molar refractivity (Wildman–Crippen MR) is 102 cm³/mol. The standard InChI is InChI=1S/C21H25N3O2/c1-4-16(17-8-6-5-7-9-17)13-23-20(25)11-10-18-14(2)19(12-22)21(26)24-15(18)3/h5-9,16H,4,10-11,13H2,1-3H3,(H,23,25)(H,24,26). The first-order chi connectivity index (χ1) is 12.5. The van der Waals surface area contributed by atoms with E-state index in [2.05, 4.69) is 29.4 Å². The topological polar surface area (TPSA) is 85.8 Å². The van der Waals surface area contributed by atoms with Crippen LogP contribution in [0.1, 0.15) is 53.6 Å². The molecule has 0 aliphatic carbocycles. The number of amides is 1. The quantitative estimate of drug-likeness (QED) is 0.804. The zero-order chi connectivity index (χ0) is 19.1. The highest BCUT2D eigenvalue weighted by atomic mass is 16.1. The third-order valence-electron chi connectivity index (χ3n) is 4.83. The molecule has 0 radical (unpaired) electrons. The average Bonchev–Trinajstić information content (AvgIpc) is 2.63. The first-order valence-electron chi connectivity index (χ1n) is 8.92. The summed E-state index contributed by atoms with van der Waals surface area (Å²) in [6.07, 6.45) is 1.77. The van der Waals surface area contributed by atoms with Crippen LogP contribution in [0.25, 0.3) is 0 Å². The lowest BCUT2D eigenvalue weighted by atomic mass is 9.96. The molecule has 1 aromatic carbocycles. The van der Waals surface area contributed by atoms with Crippen molar-refractivity contribution < 1.29 is 4.79 Å². The molecule has 1 amide bonds. The van der Waals surface area contributed by atoms with Gasteiger partial charge in [-0.05, 0) is 43.4 Å². The average molecular weight is 351 g/mol. The van der Waals surface area contributed by atoms with Crippen LogP contribution in [0.15, 0.2) is 35.1 Å². The van der Waals surface area contributed by atoms with E-state index in [0.29, 0.717) is 30.9 Å². The number of nitriles is 1. The number of carbonyl (C=O) groups excluding carboxylic acids is 1. The molecule has 2 aromatic rings. The second-order valence-electron chi connectivity index (χ2n) is 6.49. The first kappa shape index (κ1) is 19.5. The van der Waals surface area contributed by atoms with Gasteiger partial charge in [0, 0.05) is 24.6 Å². The van der Waals surface area contributed by atoms with E-state index in [0.717, 1.165) is 17.7 Å². The molecule has 5 nitrogen and oxygen atoms in total. The van der Waals surface area contributed by atoms with Gasteiger partial charge >= 0.3 is 0 Å². The largest absolute Gasteiger partial charge is 0.355 e. The second-order valence-corrected chi connectivity index (χ2v) is 6.49. The lowest BCUT2D eigenvalue weighted by Crippen LogP contribution is -2.28. The van der Waals surface area contributed by atoms with Crippen LogP contribution < -0.4 is 10.9 Å². The van der Waals surface area contributed by atoms with Crippen LogP contribution in [0.4, 0.5) is 0 Å². The normalized spacial score (nSPS) is 11.6. The molecule has 1 aromatic heterocycles. The van der Waals surface area contributed by atoms with Crippen molar-refractivity contribution in [3.05, 3.63) is 68.6 Å². The Kier molecular flexibility index (Phi) is 6.74. The molecule has 0 fully saturated rings. The van der Waals surface area contributed by atoms with Crippen LogP contribution in [-0.4, -0.2) is 17.4 Å². The Morgan fingerprint density at radius 1 is 1.27 bits per heavy atom. The molecule has 0 aliphatic heterocycles. The Morgan fingerprint density at radius 3 is 2.58 bits per heavy atom. The third-order valence-corrected chi connectivity index (χ3v) is 4.83. The maximum absolute atomic E-state index is 12.3. The van der Waals surface area contributed by atoms with Crippen molar-refractivity contribution in [2.45, 2.75) is 46.0 Å². The summed E-state index contributed by atoms with van der Waals surface area (Å²) < 4.78 is 0. The van der Waals surface area contributed by atoms with Crippen molar-refractivity contribution in [2.24, 2.45) is 0 Å². The number of rotatable bonds is 7. The minimum Gasteiger partial charge on any atom is -0.355 e. The number of hydrogen-bond acceptors (Lipinski definition) is 3. The van der Waals surface area contributed by atoms with E-state index in [1.54, 1.807) is 13.8 Å². The molecule has 5 heteroatoms. The fourth-order valence-electron chi connectivity index (χ4n) is 3.21. The molecular weight excluding hydrogens is 326 g/mol. The molecule has 136 valence electrons. The molecule has 1 unspecified atom stereocenters. The van der Waals surface area contributed by atoms with Crippen molar-refractivity contribution in [3.8, 4) is 6.07 Å². The number of aromatic nitrogens is 1. The molecule has 0 aliphatic rings. The Bertz CT molecular complexity index is 863. The molecular formula is C21H25N3O2. The van der Waals surface area contributed by atoms with Crippen LogP contribution in [0, 0.1) is 25.2 Å². The summed E-state index contributed by atoms with van der Waals surface area (Å²) in [6, 6.07) is 12.1. The summed E-state index contributed by atoms with van der Waals surface area (Å²) in [5, 5.41) is 12.1. The Hall–Kier alpha value is -2.87. The van der Waals surface area contributed by atoms with E-state index >= 15 is 0 Å². The lowest BCUT2D eigenvalue weighted by molar-refractivity contribution is -0.121. The molecule has 2 rings (SSSR count). The molecule has 0 bridgehead atoms. The monoisotopic (exact) mass is 351 g/mol. The molecule has 0 saturated carbocycles. The van der Waals surface area contributed by atoms with Crippen LogP contribution in [0.3, 0.4) is 0 Å². The van der Waals surface area contributed by atoms with Crippen LogP contribution in [0.2, 0.25) is 0 Å². The van der Waals surface area contributed by atoms with Gasteiger partial charge in [0.25, 0.3) is 5.56 Å². The van der Waals surface area contributed by atoms with Gasteiger partial charge in [-0.3, -0.25) is 9.59 Å². The highest BCUT2D eigenvalue weighted by molar-refractivity contribution is 5.76. The molecule has 1 heterocycles. The number of aromatic amines is 1. The molecule has 1 atom stereocenters. The fourth-order valence-corrected chi connectivity index (χ4v) is 3.21. The molecule has 2 N–H and O–H groups in total. The number of benzene rings is 1. The number of nitrogens with one attached hydrogen (secondary N) is 2. The fraction of sp³-hybridized carbons (Fsp3) is 0.381. The minimum atomic E-state index is -0.371. The molecule has 26 heavy (non-hydrogen) atoms. The van der Waals surface area contributed by atoms with E-state index in [4.69, 9.17) is 5.26 Å². The van der Waals surface area contributed by atoms with Gasteiger partial charge in [0.15, 0.2) is 0 Å². The number of aryl methyl sites for hydroxylation is 1. The number of carbonyl (C=O) groups is 1. The highest BCUT2D eigenvalue weighted by Gasteiger charge is 2.14. The minimum absolute atomic E-state index is 0.0251. The molecule has 0 saturated heterocycles. The van der Waals surface area contributed by atoms with Crippen molar-refractivity contribution >= 4 is 5.91 Å². The van der Waals surface area contributed by atoms with Gasteiger partial charge in [0.2, 0.25) is 5.91 Å². The van der Waals surface area contributed by atoms with Gasteiger partial charge in [-0.15, -0.1) is 0 Å². The van der Waals surface area contributed by atoms with E-state index in [1.807, 2.05) is 24.3 Å². The van der Waals surface area contributed by atoms with E-state index in [-0.39, 0.29) is 17.0 Å². The predicted octanol–water partition coefficient (Wildman–Crippen LogP) is 3.11. The van der Waals surface area contributed by atoms with Gasteiger partial charge in [-0.25, -0.2) is 0 Å². The smallest absolute Gasteiger partial charge is 0.266 e. The van der Waals surface area contributed by atoms with Crippen molar-refractivity contribution in [2.75, 3.05) is 6.54 Å². The summed E-state index contributed by atoms with van der Waals surface area (Å²) in [6.45, 7) is 6.27. The Balaban J connectivity index is 1.97. The van der Waals surface area contributed by atoms with E-state index in [1.165, 1.54) is 5.56 Å². The van der Waals surface area contributed by atoms with Gasteiger partial charge in [0.05, 0.1) is 0 Å². The van der Waals surface area contributed by atoms with Crippen molar-refractivity contribution in [3.63, 3.8) is 0 Å². The van der Waals surface area contributed by atoms with Crippen LogP contribution in [-0.2, 0) is 11.2 Å². The Morgan fingerprint density at radius 2 is 1.96 bits per heavy atom. The maximum Gasteiger partial charge on any atom is 0.266 e. The summed E-state index contributed by atoms with van der Waals surface area (Å²) in [5.41, 5.74) is 3.23. The first-order valence-corrected chi connectivity index (χ1v) is 8.92. The van der Waals surface area contributed by atoms with Gasteiger partial charge < -0.3 is 10.3 Å². The second kappa shape index (κ2) is 9.00. The SMILES string of the molecule is CCC(CNC(=O)CCc1c(C)[nH]c(=O)c(C#N)c1C)c1ccccc1. The van der Waals surface area contributed by atoms with Crippen LogP contribution >= 0.6 is 0 Å². The van der Waals surface area contributed by atoms with E-state index < -0.39 is 0 Å². The highest BCUT2D eigenvalue weighted by Crippen LogP contribution is 2.18. The zero-order valence-electron chi connectivity index (χ0n) is 15.6. The maximum atomic E-state index is 12.3. The number of H-pyrrole nitrogens is 1. The lowest BCUT2D eigenvalue weighted by Gasteiger charge is -2.16. The number of nitrogens with zero attached hydrogens (tertiary/aromatic N) is 1. The van der Waals surface area contributed by atoms with Crippen molar-refractivity contribution in [1.82, 2.24) is 10.3 Å². The zero-order valence-corrected chi connectivity index (χ0v) is 15.6. The van der Waals surface area contributed by atoms with Crippen molar-refractivity contribution in [1.29, 1.82) is 5.26 Å². The number of hydrogen-bond donors (Lipinski definition) is 2.